The molecule has 0 saturated carbocycles. The van der Waals surface area contributed by atoms with Crippen molar-refractivity contribution in [2.45, 2.75) is 19.2 Å². The lowest BCUT2D eigenvalue weighted by Crippen LogP contribution is -2.35. The van der Waals surface area contributed by atoms with Crippen molar-refractivity contribution < 1.29 is 32.5 Å². The van der Waals surface area contributed by atoms with Gasteiger partial charge in [0.15, 0.2) is 0 Å². The van der Waals surface area contributed by atoms with E-state index in [-0.39, 0.29) is 24.4 Å². The maximum atomic E-state index is 12.6. The van der Waals surface area contributed by atoms with Crippen molar-refractivity contribution in [1.29, 1.82) is 0 Å². The normalized spacial score (nSPS) is 12.4. The van der Waals surface area contributed by atoms with Crippen molar-refractivity contribution in [3.8, 4) is 11.5 Å². The lowest BCUT2D eigenvalue weighted by molar-refractivity contribution is -0.141. The fourth-order valence-corrected chi connectivity index (χ4v) is 2.19. The number of aliphatic hydroxyl groups is 1. The molecule has 2 aromatic rings. The number of rotatable bonds is 7. The first-order chi connectivity index (χ1) is 12.7. The standard InChI is InChI=1S/C18H19F3N2O4/c1-11-15(7-8-16(23-11)18(19,20)21)17(25)22-9-12(24)10-27-14-5-3-13(26-2)4-6-14/h3-8,12,24H,9-10H2,1-2H3,(H,22,25)/t12-/m0/s1. The van der Waals surface area contributed by atoms with Gasteiger partial charge in [0.2, 0.25) is 0 Å². The molecule has 146 valence electrons. The Hall–Kier alpha value is -2.81. The molecule has 6 nitrogen and oxygen atoms in total. The van der Waals surface area contributed by atoms with E-state index < -0.39 is 23.9 Å². The van der Waals surface area contributed by atoms with Crippen LogP contribution in [0, 0.1) is 6.92 Å². The van der Waals surface area contributed by atoms with E-state index in [4.69, 9.17) is 9.47 Å². The number of halogens is 3. The van der Waals surface area contributed by atoms with Crippen LogP contribution in [0.25, 0.3) is 0 Å². The highest BCUT2D eigenvalue weighted by molar-refractivity contribution is 5.95. The summed E-state index contributed by atoms with van der Waals surface area (Å²) in [6.45, 7) is 1.11. The molecule has 1 atom stereocenters. The Bertz CT molecular complexity index is 779. The Kier molecular flexibility index (Phi) is 6.62. The van der Waals surface area contributed by atoms with Gasteiger partial charge in [0, 0.05) is 6.54 Å². The van der Waals surface area contributed by atoms with Crippen LogP contribution < -0.4 is 14.8 Å². The van der Waals surface area contributed by atoms with Crippen molar-refractivity contribution in [3.05, 3.63) is 53.3 Å². The average Bonchev–Trinajstić information content (AvgIpc) is 2.64. The lowest BCUT2D eigenvalue weighted by Gasteiger charge is -2.14. The van der Waals surface area contributed by atoms with Crippen molar-refractivity contribution in [3.63, 3.8) is 0 Å². The molecule has 0 unspecified atom stereocenters. The molecule has 2 N–H and O–H groups in total. The molecule has 1 aromatic carbocycles. The minimum Gasteiger partial charge on any atom is -0.497 e. The Morgan fingerprint density at radius 1 is 1.19 bits per heavy atom. The first kappa shape index (κ1) is 20.5. The number of alkyl halides is 3. The van der Waals surface area contributed by atoms with Crippen molar-refractivity contribution in [2.24, 2.45) is 0 Å². The van der Waals surface area contributed by atoms with Gasteiger partial charge in [-0.25, -0.2) is 4.98 Å². The number of nitrogens with one attached hydrogen (secondary N) is 1. The van der Waals surface area contributed by atoms with E-state index >= 15 is 0 Å². The molecule has 0 saturated heterocycles. The van der Waals surface area contributed by atoms with Crippen LogP contribution in [0.5, 0.6) is 11.5 Å². The summed E-state index contributed by atoms with van der Waals surface area (Å²) in [6.07, 6.45) is -5.58. The topological polar surface area (TPSA) is 80.7 Å². The summed E-state index contributed by atoms with van der Waals surface area (Å²) in [5, 5.41) is 12.3. The zero-order valence-corrected chi connectivity index (χ0v) is 14.7. The zero-order chi connectivity index (χ0) is 20.0. The Morgan fingerprint density at radius 2 is 1.81 bits per heavy atom. The molecule has 9 heteroatoms. The highest BCUT2D eigenvalue weighted by Gasteiger charge is 2.33. The minimum absolute atomic E-state index is 0.00581. The first-order valence-corrected chi connectivity index (χ1v) is 7.98. The van der Waals surface area contributed by atoms with E-state index in [1.54, 1.807) is 24.3 Å². The number of aromatic nitrogens is 1. The van der Waals surface area contributed by atoms with Crippen molar-refractivity contribution in [1.82, 2.24) is 10.3 Å². The van der Waals surface area contributed by atoms with Crippen LogP contribution in [-0.4, -0.2) is 42.4 Å². The van der Waals surface area contributed by atoms with Gasteiger partial charge in [-0.3, -0.25) is 4.79 Å². The van der Waals surface area contributed by atoms with Crippen LogP contribution in [0.4, 0.5) is 13.2 Å². The fraction of sp³-hybridized carbons (Fsp3) is 0.333. The van der Waals surface area contributed by atoms with Crippen molar-refractivity contribution in [2.75, 3.05) is 20.3 Å². The Labute approximate surface area is 153 Å². The molecule has 0 fully saturated rings. The molecule has 1 amide bonds. The third kappa shape index (κ3) is 5.85. The van der Waals surface area contributed by atoms with Gasteiger partial charge in [-0.2, -0.15) is 13.2 Å². The first-order valence-electron chi connectivity index (χ1n) is 7.98. The van der Waals surface area contributed by atoms with Gasteiger partial charge >= 0.3 is 6.18 Å². The van der Waals surface area contributed by atoms with Crippen LogP contribution in [-0.2, 0) is 6.18 Å². The lowest BCUT2D eigenvalue weighted by atomic mass is 10.1. The number of carbonyl (C=O) groups is 1. The summed E-state index contributed by atoms with van der Waals surface area (Å²) in [5.74, 6) is 0.553. The van der Waals surface area contributed by atoms with Crippen LogP contribution in [0.1, 0.15) is 21.7 Å². The number of amides is 1. The number of carbonyl (C=O) groups excluding carboxylic acids is 1. The number of aliphatic hydroxyl groups excluding tert-OH is 1. The highest BCUT2D eigenvalue weighted by atomic mass is 19.4. The van der Waals surface area contributed by atoms with Gasteiger partial charge in [-0.15, -0.1) is 0 Å². The van der Waals surface area contributed by atoms with Crippen LogP contribution in [0.15, 0.2) is 36.4 Å². The second-order valence-corrected chi connectivity index (χ2v) is 5.68. The molecule has 2 rings (SSSR count). The summed E-state index contributed by atoms with van der Waals surface area (Å²) < 4.78 is 48.2. The number of aryl methyl sites for hydroxylation is 1. The third-order valence-electron chi connectivity index (χ3n) is 3.62. The molecule has 0 bridgehead atoms. The van der Waals surface area contributed by atoms with Crippen LogP contribution in [0.3, 0.4) is 0 Å². The quantitative estimate of drug-likeness (QED) is 0.767. The summed E-state index contributed by atoms with van der Waals surface area (Å²) in [6, 6.07) is 8.53. The van der Waals surface area contributed by atoms with Crippen LogP contribution in [0.2, 0.25) is 0 Å². The number of benzene rings is 1. The van der Waals surface area contributed by atoms with E-state index in [1.165, 1.54) is 14.0 Å². The number of pyridine rings is 1. The SMILES string of the molecule is COc1ccc(OC[C@@H](O)CNC(=O)c2ccc(C(F)(F)F)nc2C)cc1. The maximum absolute atomic E-state index is 12.6. The summed E-state index contributed by atoms with van der Waals surface area (Å²) >= 11 is 0. The smallest absolute Gasteiger partial charge is 0.433 e. The van der Waals surface area contributed by atoms with E-state index in [0.717, 1.165) is 12.1 Å². The fourth-order valence-electron chi connectivity index (χ4n) is 2.19. The summed E-state index contributed by atoms with van der Waals surface area (Å²) in [4.78, 5) is 15.5. The van der Waals surface area contributed by atoms with Gasteiger partial charge in [-0.1, -0.05) is 0 Å². The summed E-state index contributed by atoms with van der Waals surface area (Å²) in [5.41, 5.74) is -1.11. The second kappa shape index (κ2) is 8.72. The zero-order valence-electron chi connectivity index (χ0n) is 14.7. The average molecular weight is 384 g/mol. The Balaban J connectivity index is 1.85. The highest BCUT2D eigenvalue weighted by Crippen LogP contribution is 2.28. The molecule has 1 heterocycles. The number of ether oxygens (including phenoxy) is 2. The molecule has 1 aromatic heterocycles. The molecule has 0 aliphatic heterocycles. The molecular weight excluding hydrogens is 365 g/mol. The molecule has 27 heavy (non-hydrogen) atoms. The van der Waals surface area contributed by atoms with E-state index in [2.05, 4.69) is 10.3 Å². The van der Waals surface area contributed by atoms with E-state index in [0.29, 0.717) is 11.5 Å². The number of hydrogen-bond acceptors (Lipinski definition) is 5. The van der Waals surface area contributed by atoms with Gasteiger partial charge in [0.05, 0.1) is 18.4 Å². The van der Waals surface area contributed by atoms with Gasteiger partial charge in [-0.05, 0) is 43.3 Å². The molecule has 0 spiro atoms. The van der Waals surface area contributed by atoms with E-state index in [1.807, 2.05) is 0 Å². The largest absolute Gasteiger partial charge is 0.497 e. The predicted molar refractivity (Wildman–Crippen MR) is 90.8 cm³/mol. The van der Waals surface area contributed by atoms with Crippen molar-refractivity contribution >= 4 is 5.91 Å². The number of nitrogens with zero attached hydrogens (tertiary/aromatic N) is 1. The Morgan fingerprint density at radius 3 is 2.37 bits per heavy atom. The monoisotopic (exact) mass is 384 g/mol. The van der Waals surface area contributed by atoms with Crippen LogP contribution >= 0.6 is 0 Å². The summed E-state index contributed by atoms with van der Waals surface area (Å²) in [7, 11) is 1.54. The van der Waals surface area contributed by atoms with E-state index in [9.17, 15) is 23.1 Å². The molecule has 0 aliphatic carbocycles. The molecular formula is C18H19F3N2O4. The van der Waals surface area contributed by atoms with Gasteiger partial charge in [0.1, 0.15) is 29.9 Å². The van der Waals surface area contributed by atoms with Gasteiger partial charge in [0.25, 0.3) is 5.91 Å². The maximum Gasteiger partial charge on any atom is 0.433 e. The van der Waals surface area contributed by atoms with Gasteiger partial charge < -0.3 is 19.9 Å². The molecule has 0 radical (unpaired) electrons. The third-order valence-corrected chi connectivity index (χ3v) is 3.62. The predicted octanol–water partition coefficient (Wildman–Crippen LogP) is 2.59. The molecule has 0 aliphatic rings. The second-order valence-electron chi connectivity index (χ2n) is 5.68. The number of hydrogen-bond donors (Lipinski definition) is 2. The minimum atomic E-state index is -4.57. The number of methoxy groups -OCH3 is 1.